The third-order valence-corrected chi connectivity index (χ3v) is 4.61. The zero-order chi connectivity index (χ0) is 19.4. The average molecular weight is 369 g/mol. The lowest BCUT2D eigenvalue weighted by molar-refractivity contribution is -0.119. The van der Waals surface area contributed by atoms with Gasteiger partial charge in [0, 0.05) is 24.4 Å². The van der Waals surface area contributed by atoms with E-state index in [0.29, 0.717) is 30.1 Å². The van der Waals surface area contributed by atoms with Gasteiger partial charge in [-0.3, -0.25) is 9.59 Å². The van der Waals surface area contributed by atoms with E-state index >= 15 is 0 Å². The van der Waals surface area contributed by atoms with Crippen LogP contribution < -0.4 is 26.3 Å². The highest BCUT2D eigenvalue weighted by Crippen LogP contribution is 2.33. The summed E-state index contributed by atoms with van der Waals surface area (Å²) in [6, 6.07) is 11.5. The van der Waals surface area contributed by atoms with Crippen molar-refractivity contribution >= 4 is 11.8 Å². The lowest BCUT2D eigenvalue weighted by atomic mass is 9.97. The smallest absolute Gasteiger partial charge is 0.255 e. The molecule has 0 aliphatic carbocycles. The monoisotopic (exact) mass is 369 g/mol. The molecule has 5 N–H and O–H groups in total. The molecule has 1 aliphatic rings. The quantitative estimate of drug-likeness (QED) is 0.710. The number of para-hydroxylation sites is 1. The minimum absolute atomic E-state index is 0.173. The first kappa shape index (κ1) is 18.7. The number of benzene rings is 2. The van der Waals surface area contributed by atoms with E-state index in [1.54, 1.807) is 31.4 Å². The molecule has 2 amide bonds. The standard InChI is InChI=1S/C20H23N3O4/c1-26-13-7-5-12(6-8-13)11-17(19(22)24)23-20(25)15-4-2-3-14-16(21)9-10-27-18(14)15/h2-8,16-17H,9-11,21H2,1H3,(H2,22,24)(H,23,25)/t16-,17-/m0/s1. The molecular weight excluding hydrogens is 346 g/mol. The van der Waals surface area contributed by atoms with E-state index in [2.05, 4.69) is 5.32 Å². The van der Waals surface area contributed by atoms with Crippen LogP contribution in [0, 0.1) is 0 Å². The van der Waals surface area contributed by atoms with Crippen LogP contribution >= 0.6 is 0 Å². The molecule has 142 valence electrons. The molecule has 0 saturated heterocycles. The summed E-state index contributed by atoms with van der Waals surface area (Å²) in [7, 11) is 1.58. The highest BCUT2D eigenvalue weighted by Gasteiger charge is 2.26. The summed E-state index contributed by atoms with van der Waals surface area (Å²) in [6.45, 7) is 0.448. The Balaban J connectivity index is 1.78. The Morgan fingerprint density at radius 3 is 2.67 bits per heavy atom. The lowest BCUT2D eigenvalue weighted by Crippen LogP contribution is -2.46. The minimum Gasteiger partial charge on any atom is -0.497 e. The number of fused-ring (bicyclic) bond motifs is 1. The largest absolute Gasteiger partial charge is 0.497 e. The summed E-state index contributed by atoms with van der Waals surface area (Å²) in [5, 5.41) is 2.71. The van der Waals surface area contributed by atoms with Crippen LogP contribution in [0.3, 0.4) is 0 Å². The molecular formula is C20H23N3O4. The number of primary amides is 1. The van der Waals surface area contributed by atoms with Crippen molar-refractivity contribution in [1.82, 2.24) is 5.32 Å². The topological polar surface area (TPSA) is 117 Å². The maximum atomic E-state index is 12.8. The van der Waals surface area contributed by atoms with E-state index < -0.39 is 17.9 Å². The molecule has 7 nitrogen and oxygen atoms in total. The first-order valence-electron chi connectivity index (χ1n) is 8.74. The predicted molar refractivity (Wildman–Crippen MR) is 101 cm³/mol. The van der Waals surface area contributed by atoms with Gasteiger partial charge >= 0.3 is 0 Å². The van der Waals surface area contributed by atoms with Crippen LogP contribution in [0.5, 0.6) is 11.5 Å². The van der Waals surface area contributed by atoms with Gasteiger partial charge in [0.1, 0.15) is 17.5 Å². The Labute approximate surface area is 157 Å². The molecule has 0 bridgehead atoms. The van der Waals surface area contributed by atoms with Crippen LogP contribution in [0.15, 0.2) is 42.5 Å². The molecule has 27 heavy (non-hydrogen) atoms. The number of amides is 2. The maximum Gasteiger partial charge on any atom is 0.255 e. The van der Waals surface area contributed by atoms with Gasteiger partial charge in [0.15, 0.2) is 0 Å². The maximum absolute atomic E-state index is 12.8. The van der Waals surface area contributed by atoms with E-state index in [4.69, 9.17) is 20.9 Å². The lowest BCUT2D eigenvalue weighted by Gasteiger charge is -2.25. The van der Waals surface area contributed by atoms with Crippen molar-refractivity contribution in [2.45, 2.75) is 24.9 Å². The Kier molecular flexibility index (Phi) is 5.61. The van der Waals surface area contributed by atoms with E-state index in [1.165, 1.54) is 0 Å². The normalized spacial score (nSPS) is 16.6. The van der Waals surface area contributed by atoms with E-state index in [1.807, 2.05) is 18.2 Å². The molecule has 0 fully saturated rings. The molecule has 7 heteroatoms. The number of methoxy groups -OCH3 is 1. The number of ether oxygens (including phenoxy) is 2. The fourth-order valence-electron chi connectivity index (χ4n) is 3.09. The van der Waals surface area contributed by atoms with Gasteiger partial charge in [-0.15, -0.1) is 0 Å². The molecule has 1 heterocycles. The van der Waals surface area contributed by atoms with Gasteiger partial charge in [0.05, 0.1) is 19.3 Å². The molecule has 3 rings (SSSR count). The first-order valence-corrected chi connectivity index (χ1v) is 8.74. The second kappa shape index (κ2) is 8.09. The van der Waals surface area contributed by atoms with Crippen molar-refractivity contribution < 1.29 is 19.1 Å². The molecule has 0 unspecified atom stereocenters. The summed E-state index contributed by atoms with van der Waals surface area (Å²) in [6.07, 6.45) is 0.972. The summed E-state index contributed by atoms with van der Waals surface area (Å²) in [4.78, 5) is 24.6. The van der Waals surface area contributed by atoms with Gasteiger partial charge in [0.2, 0.25) is 5.91 Å². The van der Waals surface area contributed by atoms with Crippen molar-refractivity contribution in [3.63, 3.8) is 0 Å². The van der Waals surface area contributed by atoms with Gasteiger partial charge in [-0.05, 0) is 23.8 Å². The molecule has 2 atom stereocenters. The number of carbonyl (C=O) groups is 2. The molecule has 0 aromatic heterocycles. The van der Waals surface area contributed by atoms with E-state index in [9.17, 15) is 9.59 Å². The second-order valence-corrected chi connectivity index (χ2v) is 6.45. The highest BCUT2D eigenvalue weighted by atomic mass is 16.5. The van der Waals surface area contributed by atoms with E-state index in [-0.39, 0.29) is 12.5 Å². The van der Waals surface area contributed by atoms with Crippen LogP contribution in [0.25, 0.3) is 0 Å². The number of hydrogen-bond donors (Lipinski definition) is 3. The molecule has 0 spiro atoms. The number of hydrogen-bond acceptors (Lipinski definition) is 5. The Morgan fingerprint density at radius 2 is 2.00 bits per heavy atom. The van der Waals surface area contributed by atoms with E-state index in [0.717, 1.165) is 11.1 Å². The van der Waals surface area contributed by atoms with Gasteiger partial charge in [-0.2, -0.15) is 0 Å². The van der Waals surface area contributed by atoms with Gasteiger partial charge < -0.3 is 26.3 Å². The summed E-state index contributed by atoms with van der Waals surface area (Å²) in [5.41, 5.74) is 13.6. The Hall–Kier alpha value is -3.06. The predicted octanol–water partition coefficient (Wildman–Crippen LogP) is 1.30. The highest BCUT2D eigenvalue weighted by molar-refractivity contribution is 6.00. The van der Waals surface area contributed by atoms with Crippen molar-refractivity contribution in [2.75, 3.05) is 13.7 Å². The van der Waals surface area contributed by atoms with Gasteiger partial charge in [-0.25, -0.2) is 0 Å². The zero-order valence-corrected chi connectivity index (χ0v) is 15.1. The summed E-state index contributed by atoms with van der Waals surface area (Å²) in [5.74, 6) is 0.157. The van der Waals surface area contributed by atoms with Gasteiger partial charge in [-0.1, -0.05) is 24.3 Å². The molecule has 1 aliphatic heterocycles. The number of nitrogens with one attached hydrogen (secondary N) is 1. The summed E-state index contributed by atoms with van der Waals surface area (Å²) < 4.78 is 10.8. The van der Waals surface area contributed by atoms with Crippen molar-refractivity contribution in [3.8, 4) is 11.5 Å². The fourth-order valence-corrected chi connectivity index (χ4v) is 3.09. The number of nitrogens with two attached hydrogens (primary N) is 2. The van der Waals surface area contributed by atoms with Gasteiger partial charge in [0.25, 0.3) is 5.91 Å². The third-order valence-electron chi connectivity index (χ3n) is 4.61. The molecule has 0 saturated carbocycles. The molecule has 0 radical (unpaired) electrons. The minimum atomic E-state index is -0.848. The number of rotatable bonds is 6. The Bertz CT molecular complexity index is 836. The molecule has 2 aromatic carbocycles. The van der Waals surface area contributed by atoms with Crippen LogP contribution in [-0.4, -0.2) is 31.6 Å². The Morgan fingerprint density at radius 1 is 1.26 bits per heavy atom. The van der Waals surface area contributed by atoms with Crippen LogP contribution in [-0.2, 0) is 11.2 Å². The fraction of sp³-hybridized carbons (Fsp3) is 0.300. The first-order chi connectivity index (χ1) is 13.0. The van der Waals surface area contributed by atoms with Crippen molar-refractivity contribution in [2.24, 2.45) is 11.5 Å². The SMILES string of the molecule is COc1ccc(C[C@H](NC(=O)c2cccc3c2OCC[C@@H]3N)C(N)=O)cc1. The number of carbonyl (C=O) groups excluding carboxylic acids is 2. The average Bonchev–Trinajstić information content (AvgIpc) is 2.68. The van der Waals surface area contributed by atoms with Crippen molar-refractivity contribution in [1.29, 1.82) is 0 Å². The van der Waals surface area contributed by atoms with Crippen LogP contribution in [0.2, 0.25) is 0 Å². The van der Waals surface area contributed by atoms with Crippen molar-refractivity contribution in [3.05, 3.63) is 59.2 Å². The third kappa shape index (κ3) is 4.20. The zero-order valence-electron chi connectivity index (χ0n) is 15.1. The summed E-state index contributed by atoms with van der Waals surface area (Å²) >= 11 is 0. The van der Waals surface area contributed by atoms with Crippen LogP contribution in [0.1, 0.15) is 33.9 Å². The second-order valence-electron chi connectivity index (χ2n) is 6.45. The molecule has 2 aromatic rings. The van der Waals surface area contributed by atoms with Crippen LogP contribution in [0.4, 0.5) is 0 Å².